The molecule has 2 aliphatic rings. The number of likely N-dealkylation sites (tertiary alicyclic amines) is 1. The van der Waals surface area contributed by atoms with Crippen molar-refractivity contribution < 1.29 is 4.79 Å². The lowest BCUT2D eigenvalue weighted by atomic mass is 9.93. The highest BCUT2D eigenvalue weighted by molar-refractivity contribution is 5.82. The zero-order chi connectivity index (χ0) is 14.2. The summed E-state index contributed by atoms with van der Waals surface area (Å²) >= 11 is 0. The molecule has 0 spiro atoms. The van der Waals surface area contributed by atoms with Gasteiger partial charge in [-0.05, 0) is 37.1 Å². The molecule has 1 aromatic carbocycles. The number of benzene rings is 1. The highest BCUT2D eigenvalue weighted by Gasteiger charge is 2.35. The maximum Gasteiger partial charge on any atom is 0.225 e. The lowest BCUT2D eigenvalue weighted by molar-refractivity contribution is -0.133. The maximum absolute atomic E-state index is 12.3. The largest absolute Gasteiger partial charge is 0.342 e. The first-order chi connectivity index (χ1) is 10.3. The predicted octanol–water partition coefficient (Wildman–Crippen LogP) is 3.35. The molecule has 1 atom stereocenters. The van der Waals surface area contributed by atoms with Gasteiger partial charge in [-0.15, -0.1) is 0 Å². The van der Waals surface area contributed by atoms with Gasteiger partial charge in [-0.3, -0.25) is 9.78 Å². The molecule has 2 fully saturated rings. The summed E-state index contributed by atoms with van der Waals surface area (Å²) in [6.07, 6.45) is 6.38. The van der Waals surface area contributed by atoms with Crippen LogP contribution in [0, 0.1) is 5.92 Å². The fourth-order valence-corrected chi connectivity index (χ4v) is 3.33. The second-order valence-corrected chi connectivity index (χ2v) is 6.35. The zero-order valence-electron chi connectivity index (χ0n) is 12.2. The summed E-state index contributed by atoms with van der Waals surface area (Å²) < 4.78 is 0. The number of piperidine rings is 1. The van der Waals surface area contributed by atoms with Crippen LogP contribution >= 0.6 is 0 Å². The van der Waals surface area contributed by atoms with Crippen molar-refractivity contribution >= 4 is 16.7 Å². The van der Waals surface area contributed by atoms with E-state index in [1.807, 2.05) is 12.3 Å². The van der Waals surface area contributed by atoms with E-state index in [1.165, 1.54) is 10.8 Å². The van der Waals surface area contributed by atoms with Crippen molar-refractivity contribution in [2.75, 3.05) is 13.1 Å². The average molecular weight is 280 g/mol. The standard InChI is InChI=1S/C18H20N2O/c21-18(13-7-8-13)20-9-3-6-16(12-20)17-10-14-4-1-2-5-15(14)11-19-17/h1-2,4-5,10-11,13,16H,3,6-9,12H2. The summed E-state index contributed by atoms with van der Waals surface area (Å²) in [7, 11) is 0. The molecule has 0 N–H and O–H groups in total. The van der Waals surface area contributed by atoms with Gasteiger partial charge in [-0.1, -0.05) is 24.3 Å². The summed E-state index contributed by atoms with van der Waals surface area (Å²) in [6.45, 7) is 1.78. The Hall–Kier alpha value is -1.90. The van der Waals surface area contributed by atoms with Crippen LogP contribution in [0.1, 0.15) is 37.3 Å². The summed E-state index contributed by atoms with van der Waals surface area (Å²) in [5, 5.41) is 2.43. The molecular weight excluding hydrogens is 260 g/mol. The van der Waals surface area contributed by atoms with Crippen LogP contribution < -0.4 is 0 Å². The fraction of sp³-hybridized carbons (Fsp3) is 0.444. The number of hydrogen-bond acceptors (Lipinski definition) is 2. The quantitative estimate of drug-likeness (QED) is 0.845. The van der Waals surface area contributed by atoms with Gasteiger partial charge in [0.15, 0.2) is 0 Å². The molecule has 1 saturated carbocycles. The number of pyridine rings is 1. The summed E-state index contributed by atoms with van der Waals surface area (Å²) in [6, 6.07) is 10.5. The van der Waals surface area contributed by atoms with Gasteiger partial charge in [0.2, 0.25) is 5.91 Å². The van der Waals surface area contributed by atoms with Crippen molar-refractivity contribution in [2.45, 2.75) is 31.6 Å². The number of carbonyl (C=O) groups excluding carboxylic acids is 1. The van der Waals surface area contributed by atoms with Crippen LogP contribution in [0.15, 0.2) is 36.5 Å². The zero-order valence-corrected chi connectivity index (χ0v) is 12.2. The lowest BCUT2D eigenvalue weighted by Crippen LogP contribution is -2.40. The van der Waals surface area contributed by atoms with Crippen molar-refractivity contribution in [2.24, 2.45) is 5.92 Å². The molecule has 3 nitrogen and oxygen atoms in total. The number of fused-ring (bicyclic) bond motifs is 1. The summed E-state index contributed by atoms with van der Waals surface area (Å²) in [5.74, 6) is 1.10. The molecule has 1 aliphatic heterocycles. The first-order valence-electron chi connectivity index (χ1n) is 7.95. The van der Waals surface area contributed by atoms with E-state index in [9.17, 15) is 4.79 Å². The van der Waals surface area contributed by atoms with E-state index in [0.29, 0.717) is 17.7 Å². The molecule has 0 bridgehead atoms. The fourth-order valence-electron chi connectivity index (χ4n) is 3.33. The number of carbonyl (C=O) groups is 1. The van der Waals surface area contributed by atoms with Gasteiger partial charge in [0.1, 0.15) is 0 Å². The monoisotopic (exact) mass is 280 g/mol. The van der Waals surface area contributed by atoms with E-state index in [4.69, 9.17) is 0 Å². The van der Waals surface area contributed by atoms with Gasteiger partial charge in [0.25, 0.3) is 0 Å². The Kier molecular flexibility index (Phi) is 3.13. The van der Waals surface area contributed by atoms with Crippen molar-refractivity contribution in [3.8, 4) is 0 Å². The molecule has 4 rings (SSSR count). The Labute approximate surface area is 125 Å². The Morgan fingerprint density at radius 1 is 1.14 bits per heavy atom. The number of nitrogens with zero attached hydrogens (tertiary/aromatic N) is 2. The first kappa shape index (κ1) is 12.8. The number of aromatic nitrogens is 1. The molecule has 108 valence electrons. The van der Waals surface area contributed by atoms with Crippen LogP contribution in [0.4, 0.5) is 0 Å². The summed E-state index contributed by atoms with van der Waals surface area (Å²) in [4.78, 5) is 19.0. The molecular formula is C18H20N2O. The third kappa shape index (κ3) is 2.53. The number of amides is 1. The molecule has 1 aromatic heterocycles. The smallest absolute Gasteiger partial charge is 0.225 e. The van der Waals surface area contributed by atoms with E-state index < -0.39 is 0 Å². The van der Waals surface area contributed by atoms with E-state index in [2.05, 4.69) is 34.1 Å². The summed E-state index contributed by atoms with van der Waals surface area (Å²) in [5.41, 5.74) is 1.14. The third-order valence-electron chi connectivity index (χ3n) is 4.73. The first-order valence-corrected chi connectivity index (χ1v) is 7.95. The van der Waals surface area contributed by atoms with Crippen LogP contribution in [0.2, 0.25) is 0 Å². The molecule has 1 unspecified atom stereocenters. The Morgan fingerprint density at radius 2 is 1.95 bits per heavy atom. The van der Waals surface area contributed by atoms with Crippen molar-refractivity contribution in [3.05, 3.63) is 42.2 Å². The molecule has 0 radical (unpaired) electrons. The van der Waals surface area contributed by atoms with Crippen molar-refractivity contribution in [1.82, 2.24) is 9.88 Å². The highest BCUT2D eigenvalue weighted by Crippen LogP contribution is 2.34. The molecule has 1 aliphatic carbocycles. The molecule has 2 aromatic rings. The molecule has 2 heterocycles. The minimum Gasteiger partial charge on any atom is -0.342 e. The number of hydrogen-bond donors (Lipinski definition) is 0. The van der Waals surface area contributed by atoms with E-state index in [-0.39, 0.29) is 0 Å². The second-order valence-electron chi connectivity index (χ2n) is 6.35. The molecule has 1 amide bonds. The SMILES string of the molecule is O=C(C1CC1)N1CCCC(c2cc3ccccc3cn2)C1. The Balaban J connectivity index is 1.57. The van der Waals surface area contributed by atoms with Crippen LogP contribution in [0.3, 0.4) is 0 Å². The van der Waals surface area contributed by atoms with E-state index in [1.54, 1.807) is 0 Å². The van der Waals surface area contributed by atoms with Crippen LogP contribution in [-0.2, 0) is 4.79 Å². The normalized spacial score (nSPS) is 22.5. The topological polar surface area (TPSA) is 33.2 Å². The van der Waals surface area contributed by atoms with Crippen molar-refractivity contribution in [3.63, 3.8) is 0 Å². The maximum atomic E-state index is 12.3. The minimum atomic E-state index is 0.327. The highest BCUT2D eigenvalue weighted by atomic mass is 16.2. The Morgan fingerprint density at radius 3 is 2.76 bits per heavy atom. The minimum absolute atomic E-state index is 0.327. The van der Waals surface area contributed by atoms with Crippen LogP contribution in [0.5, 0.6) is 0 Å². The van der Waals surface area contributed by atoms with Gasteiger partial charge >= 0.3 is 0 Å². The van der Waals surface area contributed by atoms with Crippen molar-refractivity contribution in [1.29, 1.82) is 0 Å². The number of rotatable bonds is 2. The van der Waals surface area contributed by atoms with Gasteiger partial charge in [0.05, 0.1) is 0 Å². The third-order valence-corrected chi connectivity index (χ3v) is 4.73. The second kappa shape index (κ2) is 5.14. The Bertz CT molecular complexity index is 678. The van der Waals surface area contributed by atoms with Gasteiger partial charge in [-0.2, -0.15) is 0 Å². The van der Waals surface area contributed by atoms with Crippen LogP contribution in [0.25, 0.3) is 10.8 Å². The molecule has 21 heavy (non-hydrogen) atoms. The van der Waals surface area contributed by atoms with Crippen LogP contribution in [-0.4, -0.2) is 28.9 Å². The molecule has 3 heteroatoms. The van der Waals surface area contributed by atoms with Gasteiger partial charge < -0.3 is 4.90 Å². The van der Waals surface area contributed by atoms with E-state index in [0.717, 1.165) is 44.5 Å². The van der Waals surface area contributed by atoms with Gasteiger partial charge in [0, 0.05) is 42.2 Å². The lowest BCUT2D eigenvalue weighted by Gasteiger charge is -2.32. The molecule has 1 saturated heterocycles. The average Bonchev–Trinajstić information content (AvgIpc) is 3.39. The van der Waals surface area contributed by atoms with Gasteiger partial charge in [-0.25, -0.2) is 0 Å². The van der Waals surface area contributed by atoms with E-state index >= 15 is 0 Å². The predicted molar refractivity (Wildman–Crippen MR) is 83.0 cm³/mol.